The molecule has 1 aromatic carbocycles. The number of ether oxygens (including phenoxy) is 2. The Bertz CT molecular complexity index is 446. The predicted octanol–water partition coefficient (Wildman–Crippen LogP) is 2.01. The third kappa shape index (κ3) is 4.06. The zero-order valence-corrected chi connectivity index (χ0v) is 10.8. The lowest BCUT2D eigenvalue weighted by Crippen LogP contribution is -2.36. The number of carbonyl (C=O) groups excluding carboxylic acids is 2. The van der Waals surface area contributed by atoms with Crippen molar-refractivity contribution >= 4 is 12.1 Å². The van der Waals surface area contributed by atoms with Crippen molar-refractivity contribution < 1.29 is 19.1 Å². The molecule has 0 radical (unpaired) electrons. The van der Waals surface area contributed by atoms with Gasteiger partial charge in [0.2, 0.25) is 0 Å². The molecule has 102 valence electrons. The molecule has 5 heteroatoms. The molecule has 0 bridgehead atoms. The second-order valence-electron chi connectivity index (χ2n) is 4.64. The summed E-state index contributed by atoms with van der Waals surface area (Å²) in [5, 5.41) is 3.05. The van der Waals surface area contributed by atoms with E-state index in [0.29, 0.717) is 6.42 Å². The standard InChI is InChI=1S/C14H17NO4/c1-10-7-8-12(15-10)13(16)19-14(17)18-9-11-5-3-2-4-6-11/h2-6,10,12,15H,7-9H2,1H3/t10-,12-/m0/s1. The first-order valence-corrected chi connectivity index (χ1v) is 6.33. The van der Waals surface area contributed by atoms with E-state index in [0.717, 1.165) is 12.0 Å². The van der Waals surface area contributed by atoms with Gasteiger partial charge in [0.25, 0.3) is 0 Å². The van der Waals surface area contributed by atoms with Crippen molar-refractivity contribution in [2.24, 2.45) is 0 Å². The number of nitrogens with one attached hydrogen (secondary N) is 1. The average Bonchev–Trinajstić information content (AvgIpc) is 2.84. The van der Waals surface area contributed by atoms with Crippen LogP contribution in [-0.4, -0.2) is 24.2 Å². The van der Waals surface area contributed by atoms with Crippen LogP contribution in [-0.2, 0) is 20.9 Å². The highest BCUT2D eigenvalue weighted by atomic mass is 16.7. The van der Waals surface area contributed by atoms with Crippen LogP contribution in [0.25, 0.3) is 0 Å². The average molecular weight is 263 g/mol. The molecular weight excluding hydrogens is 246 g/mol. The monoisotopic (exact) mass is 263 g/mol. The first-order chi connectivity index (χ1) is 9.15. The van der Waals surface area contributed by atoms with Gasteiger partial charge in [-0.1, -0.05) is 30.3 Å². The summed E-state index contributed by atoms with van der Waals surface area (Å²) in [6.07, 6.45) is 0.639. The minimum absolute atomic E-state index is 0.0987. The lowest BCUT2D eigenvalue weighted by atomic mass is 10.2. The van der Waals surface area contributed by atoms with Gasteiger partial charge in [0.1, 0.15) is 12.6 Å². The Morgan fingerprint density at radius 3 is 2.63 bits per heavy atom. The van der Waals surface area contributed by atoms with E-state index in [1.807, 2.05) is 37.3 Å². The second-order valence-corrected chi connectivity index (χ2v) is 4.64. The Kier molecular flexibility index (Phi) is 4.52. The maximum absolute atomic E-state index is 11.6. The van der Waals surface area contributed by atoms with E-state index in [-0.39, 0.29) is 12.6 Å². The molecule has 1 heterocycles. The van der Waals surface area contributed by atoms with Crippen molar-refractivity contribution in [1.82, 2.24) is 5.32 Å². The third-order valence-corrected chi connectivity index (χ3v) is 3.04. The maximum Gasteiger partial charge on any atom is 0.516 e. The molecule has 1 saturated heterocycles. The van der Waals surface area contributed by atoms with Gasteiger partial charge in [-0.2, -0.15) is 0 Å². The molecule has 0 spiro atoms. The fraction of sp³-hybridized carbons (Fsp3) is 0.429. The lowest BCUT2D eigenvalue weighted by molar-refractivity contribution is -0.142. The number of hydrogen-bond acceptors (Lipinski definition) is 5. The van der Waals surface area contributed by atoms with Crippen molar-refractivity contribution in [3.8, 4) is 0 Å². The van der Waals surface area contributed by atoms with Gasteiger partial charge in [-0.05, 0) is 25.3 Å². The molecule has 19 heavy (non-hydrogen) atoms. The Morgan fingerprint density at radius 2 is 2.00 bits per heavy atom. The normalized spacial score (nSPS) is 21.9. The highest BCUT2D eigenvalue weighted by Gasteiger charge is 2.29. The highest BCUT2D eigenvalue weighted by Crippen LogP contribution is 2.13. The summed E-state index contributed by atoms with van der Waals surface area (Å²) >= 11 is 0. The molecule has 5 nitrogen and oxygen atoms in total. The zero-order valence-electron chi connectivity index (χ0n) is 10.8. The van der Waals surface area contributed by atoms with E-state index < -0.39 is 18.2 Å². The number of carbonyl (C=O) groups is 2. The van der Waals surface area contributed by atoms with Gasteiger partial charge in [-0.15, -0.1) is 0 Å². The minimum atomic E-state index is -0.949. The van der Waals surface area contributed by atoms with Gasteiger partial charge < -0.3 is 14.8 Å². The zero-order chi connectivity index (χ0) is 13.7. The van der Waals surface area contributed by atoms with Crippen molar-refractivity contribution in [3.05, 3.63) is 35.9 Å². The fourth-order valence-electron chi connectivity index (χ4n) is 2.01. The van der Waals surface area contributed by atoms with Crippen LogP contribution in [0.15, 0.2) is 30.3 Å². The van der Waals surface area contributed by atoms with Crippen molar-refractivity contribution in [2.45, 2.75) is 38.5 Å². The maximum atomic E-state index is 11.6. The van der Waals surface area contributed by atoms with Gasteiger partial charge >= 0.3 is 12.1 Å². The fourth-order valence-corrected chi connectivity index (χ4v) is 2.01. The molecule has 0 unspecified atom stereocenters. The van der Waals surface area contributed by atoms with E-state index in [1.165, 1.54) is 0 Å². The lowest BCUT2D eigenvalue weighted by Gasteiger charge is -2.10. The van der Waals surface area contributed by atoms with Gasteiger partial charge in [-0.25, -0.2) is 9.59 Å². The second kappa shape index (κ2) is 6.33. The first-order valence-electron chi connectivity index (χ1n) is 6.33. The van der Waals surface area contributed by atoms with E-state index in [2.05, 4.69) is 10.1 Å². The van der Waals surface area contributed by atoms with Crippen LogP contribution >= 0.6 is 0 Å². The molecule has 1 aliphatic heterocycles. The summed E-state index contributed by atoms with van der Waals surface area (Å²) in [5.41, 5.74) is 0.847. The van der Waals surface area contributed by atoms with Crippen LogP contribution in [0.4, 0.5) is 4.79 Å². The van der Waals surface area contributed by atoms with Gasteiger partial charge in [0.05, 0.1) is 0 Å². The Balaban J connectivity index is 1.74. The van der Waals surface area contributed by atoms with Gasteiger partial charge in [0.15, 0.2) is 0 Å². The summed E-state index contributed by atoms with van der Waals surface area (Å²) < 4.78 is 9.52. The molecule has 0 amide bonds. The molecule has 1 N–H and O–H groups in total. The van der Waals surface area contributed by atoms with E-state index >= 15 is 0 Å². The molecule has 0 aliphatic carbocycles. The van der Waals surface area contributed by atoms with Crippen LogP contribution < -0.4 is 5.32 Å². The summed E-state index contributed by atoms with van der Waals surface area (Å²) in [4.78, 5) is 23.0. The molecule has 1 fully saturated rings. The van der Waals surface area contributed by atoms with E-state index in [9.17, 15) is 9.59 Å². The van der Waals surface area contributed by atoms with Crippen LogP contribution in [0, 0.1) is 0 Å². The van der Waals surface area contributed by atoms with Crippen molar-refractivity contribution in [1.29, 1.82) is 0 Å². The summed E-state index contributed by atoms with van der Waals surface area (Å²) in [7, 11) is 0. The summed E-state index contributed by atoms with van der Waals surface area (Å²) in [5.74, 6) is -0.567. The third-order valence-electron chi connectivity index (χ3n) is 3.04. The highest BCUT2D eigenvalue weighted by molar-refractivity contribution is 5.85. The number of benzene rings is 1. The summed E-state index contributed by atoms with van der Waals surface area (Å²) in [6.45, 7) is 2.09. The Morgan fingerprint density at radius 1 is 1.26 bits per heavy atom. The molecule has 1 aromatic rings. The molecule has 0 saturated carbocycles. The predicted molar refractivity (Wildman–Crippen MR) is 68.3 cm³/mol. The molecule has 1 aliphatic rings. The quantitative estimate of drug-likeness (QED) is 0.667. The minimum Gasteiger partial charge on any atom is -0.429 e. The van der Waals surface area contributed by atoms with Crippen molar-refractivity contribution in [3.63, 3.8) is 0 Å². The number of esters is 1. The summed E-state index contributed by atoms with van der Waals surface area (Å²) in [6, 6.07) is 9.10. The largest absolute Gasteiger partial charge is 0.516 e. The van der Waals surface area contributed by atoms with Gasteiger partial charge in [0, 0.05) is 6.04 Å². The topological polar surface area (TPSA) is 64.6 Å². The van der Waals surface area contributed by atoms with Crippen LogP contribution in [0.3, 0.4) is 0 Å². The van der Waals surface area contributed by atoms with E-state index in [4.69, 9.17) is 4.74 Å². The van der Waals surface area contributed by atoms with Crippen LogP contribution in [0.2, 0.25) is 0 Å². The molecule has 2 atom stereocenters. The molecule has 2 rings (SSSR count). The van der Waals surface area contributed by atoms with E-state index in [1.54, 1.807) is 0 Å². The smallest absolute Gasteiger partial charge is 0.429 e. The van der Waals surface area contributed by atoms with Crippen LogP contribution in [0.1, 0.15) is 25.3 Å². The molecule has 0 aromatic heterocycles. The Labute approximate surface area is 111 Å². The van der Waals surface area contributed by atoms with Crippen LogP contribution in [0.5, 0.6) is 0 Å². The van der Waals surface area contributed by atoms with Gasteiger partial charge in [-0.3, -0.25) is 0 Å². The number of rotatable bonds is 3. The first kappa shape index (κ1) is 13.5. The van der Waals surface area contributed by atoms with Crippen molar-refractivity contribution in [2.75, 3.05) is 0 Å². The number of hydrogen-bond donors (Lipinski definition) is 1. The SMILES string of the molecule is C[C@H]1CC[C@@H](C(=O)OC(=O)OCc2ccccc2)N1. The Hall–Kier alpha value is -1.88. The molecular formula is C14H17NO4.